The minimum absolute atomic E-state index is 0.0265. The summed E-state index contributed by atoms with van der Waals surface area (Å²) in [6.45, 7) is 26.8. The van der Waals surface area contributed by atoms with E-state index in [1.165, 1.54) is 126 Å². The Balaban J connectivity index is 0.940. The number of benzene rings is 2. The molecule has 10 atom stereocenters. The van der Waals surface area contributed by atoms with Crippen LogP contribution in [0.25, 0.3) is 5.57 Å². The normalized spacial score (nSPS) is 39.6. The van der Waals surface area contributed by atoms with Gasteiger partial charge >= 0.3 is 0 Å². The van der Waals surface area contributed by atoms with Crippen LogP contribution < -0.4 is 5.32 Å². The van der Waals surface area contributed by atoms with Crippen LogP contribution in [-0.2, 0) is 0 Å². The maximum absolute atomic E-state index is 13.3. The second-order valence-corrected chi connectivity index (χ2v) is 22.4. The van der Waals surface area contributed by atoms with E-state index in [-0.39, 0.29) is 16.6 Å². The van der Waals surface area contributed by atoms with Crippen molar-refractivity contribution in [2.45, 2.75) is 131 Å². The van der Waals surface area contributed by atoms with E-state index < -0.39 is 6.10 Å². The van der Waals surface area contributed by atoms with Crippen molar-refractivity contribution in [1.82, 2.24) is 10.2 Å². The van der Waals surface area contributed by atoms with Crippen LogP contribution in [0.4, 0.5) is 0 Å². The fourth-order valence-corrected chi connectivity index (χ4v) is 16.0. The molecule has 0 radical (unpaired) electrons. The van der Waals surface area contributed by atoms with Gasteiger partial charge in [-0.3, -0.25) is 4.79 Å². The van der Waals surface area contributed by atoms with Gasteiger partial charge in [-0.2, -0.15) is 0 Å². The Labute approximate surface area is 345 Å². The number of Topliss-reactive ketones (excluding diaryl/α,β-unsaturated/α-hetero) is 1. The minimum Gasteiger partial charge on any atom is -0.380 e. The molecule has 7 aliphatic rings. The van der Waals surface area contributed by atoms with Crippen LogP contribution in [0.15, 0.2) is 72.8 Å². The van der Waals surface area contributed by atoms with Crippen molar-refractivity contribution in [3.63, 3.8) is 0 Å². The number of nitrogens with zero attached hydrogens (tertiary/aromatic N) is 1. The Hall–Kier alpha value is -2.53. The fraction of sp³-hybridized carbons (Fsp3) is 0.679. The highest BCUT2D eigenvalue weighted by atomic mass is 16.3. The molecule has 0 bridgehead atoms. The number of aliphatic hydroxyl groups excluding tert-OH is 1. The van der Waals surface area contributed by atoms with E-state index in [2.05, 4.69) is 70.0 Å². The van der Waals surface area contributed by atoms with Crippen LogP contribution >= 0.6 is 0 Å². The van der Waals surface area contributed by atoms with Crippen molar-refractivity contribution in [3.8, 4) is 0 Å². The summed E-state index contributed by atoms with van der Waals surface area (Å²) in [5.41, 5.74) is 7.27. The molecule has 5 saturated carbocycles. The van der Waals surface area contributed by atoms with Gasteiger partial charge in [-0.25, -0.2) is 0 Å². The van der Waals surface area contributed by atoms with Crippen molar-refractivity contribution >= 4 is 11.4 Å². The largest absolute Gasteiger partial charge is 0.380 e. The van der Waals surface area contributed by atoms with Gasteiger partial charge < -0.3 is 15.3 Å². The molecule has 6 aliphatic carbocycles. The van der Waals surface area contributed by atoms with Crippen molar-refractivity contribution in [2.75, 3.05) is 32.7 Å². The van der Waals surface area contributed by atoms with Crippen molar-refractivity contribution < 1.29 is 9.90 Å². The Morgan fingerprint density at radius 3 is 2.23 bits per heavy atom. The molecular weight excluding hydrogens is 697 g/mol. The first kappa shape index (κ1) is 39.9. The molecule has 1 unspecified atom stereocenters. The van der Waals surface area contributed by atoms with Gasteiger partial charge in [0.25, 0.3) is 0 Å². The van der Waals surface area contributed by atoms with Gasteiger partial charge in [-0.1, -0.05) is 107 Å². The maximum atomic E-state index is 13.3. The molecule has 1 heterocycles. The molecule has 2 aromatic carbocycles. The number of likely N-dealkylation sites (tertiary alicyclic amines) is 1. The predicted molar refractivity (Wildman–Crippen MR) is 235 cm³/mol. The Bertz CT molecular complexity index is 1870. The highest BCUT2D eigenvalue weighted by molar-refractivity contribution is 6.00. The molecule has 1 saturated heterocycles. The molecule has 9 rings (SSSR count). The highest BCUT2D eigenvalue weighted by Gasteiger charge is 2.70. The van der Waals surface area contributed by atoms with Crippen molar-refractivity contribution in [2.24, 2.45) is 62.1 Å². The van der Waals surface area contributed by atoms with E-state index in [1.54, 1.807) is 0 Å². The molecule has 57 heavy (non-hydrogen) atoms. The van der Waals surface area contributed by atoms with Gasteiger partial charge in [0.2, 0.25) is 0 Å². The van der Waals surface area contributed by atoms with Crippen LogP contribution in [0.5, 0.6) is 0 Å². The molecule has 0 amide bonds. The number of nitrogens with one attached hydrogen (secondary N) is 1. The summed E-state index contributed by atoms with van der Waals surface area (Å²) in [6, 6.07) is 17.4. The summed E-state index contributed by atoms with van der Waals surface area (Å²) >= 11 is 0. The third-order valence-electron chi connectivity index (χ3n) is 19.4. The minimum atomic E-state index is -1.14. The van der Waals surface area contributed by atoms with Gasteiger partial charge in [-0.05, 0) is 182 Å². The van der Waals surface area contributed by atoms with E-state index in [9.17, 15) is 9.90 Å². The molecule has 6 fully saturated rings. The zero-order valence-corrected chi connectivity index (χ0v) is 36.5. The van der Waals surface area contributed by atoms with Crippen LogP contribution in [0.2, 0.25) is 0 Å². The van der Waals surface area contributed by atoms with E-state index in [4.69, 9.17) is 6.58 Å². The van der Waals surface area contributed by atoms with Gasteiger partial charge in [0, 0.05) is 25.2 Å². The second-order valence-electron chi connectivity index (χ2n) is 22.4. The van der Waals surface area contributed by atoms with Gasteiger partial charge in [-0.15, -0.1) is 0 Å². The quantitative estimate of drug-likeness (QED) is 0.176. The SMILES string of the molecule is C=C(C)[C@@H]1CC[C@]2(CNCC3(CN4CCCC4)CC3)CC[C@]3(C)[C@H](CC[C@@H]4[C@@]5(C)CC=C(c6ccc(C(=O)C(O)c7ccccc7)cc6)C(C)(C)[C@@H]5CC[C@]43C)[C@@H]12. The van der Waals surface area contributed by atoms with Crippen LogP contribution in [-0.4, -0.2) is 48.5 Å². The number of ketones is 1. The molecule has 0 spiro atoms. The van der Waals surface area contributed by atoms with Crippen LogP contribution in [0, 0.1) is 62.1 Å². The molecule has 4 heteroatoms. The van der Waals surface area contributed by atoms with Crippen LogP contribution in [0.1, 0.15) is 153 Å². The first-order chi connectivity index (χ1) is 27.2. The number of carbonyl (C=O) groups excluding carboxylic acids is 1. The standard InChI is InChI=1S/C53H74N2O2/c1-36(2)40-21-26-53(34-54-33-52(28-29-52)35-55-31-11-12-32-55)30-27-50(6)42(45(40)53)19-20-44-49(5)24-22-41(48(3,4)43(49)23-25-51(44,50)7)37-15-17-39(18-16-37)47(57)46(56)38-13-9-8-10-14-38/h8-10,13-18,22,40,42-46,54,56H,1,11-12,19-21,23-35H2,2-7H3/t40-,42+,43-,44+,45+,46?,49-,50+,51+,53+/m0/s1. The summed E-state index contributed by atoms with van der Waals surface area (Å²) in [7, 11) is 0. The number of carbonyl (C=O) groups is 1. The van der Waals surface area contributed by atoms with Gasteiger partial charge in [0.1, 0.15) is 6.10 Å². The smallest absolute Gasteiger partial charge is 0.195 e. The Morgan fingerprint density at radius 2 is 1.54 bits per heavy atom. The number of rotatable bonds is 11. The molecule has 308 valence electrons. The topological polar surface area (TPSA) is 52.6 Å². The predicted octanol–water partition coefficient (Wildman–Crippen LogP) is 11.7. The lowest BCUT2D eigenvalue weighted by atomic mass is 9.32. The first-order valence-corrected chi connectivity index (χ1v) is 23.3. The van der Waals surface area contributed by atoms with Gasteiger partial charge in [0.05, 0.1) is 0 Å². The molecule has 4 nitrogen and oxygen atoms in total. The number of allylic oxidation sites excluding steroid dienone is 3. The molecule has 2 aromatic rings. The summed E-state index contributed by atoms with van der Waals surface area (Å²) in [5, 5.41) is 15.1. The lowest BCUT2D eigenvalue weighted by Gasteiger charge is -2.72. The fourth-order valence-electron chi connectivity index (χ4n) is 16.0. The zero-order chi connectivity index (χ0) is 40.0. The lowest BCUT2D eigenvalue weighted by molar-refractivity contribution is -0.225. The van der Waals surface area contributed by atoms with E-state index in [1.807, 2.05) is 42.5 Å². The second kappa shape index (κ2) is 14.3. The number of hydrogen-bond donors (Lipinski definition) is 2. The van der Waals surface area contributed by atoms with Crippen molar-refractivity contribution in [3.05, 3.63) is 89.5 Å². The van der Waals surface area contributed by atoms with Gasteiger partial charge in [0.15, 0.2) is 5.78 Å². The molecule has 1 aliphatic heterocycles. The van der Waals surface area contributed by atoms with E-state index in [0.29, 0.717) is 44.6 Å². The Morgan fingerprint density at radius 1 is 0.825 bits per heavy atom. The summed E-state index contributed by atoms with van der Waals surface area (Å²) in [5.74, 6) is 3.30. The van der Waals surface area contributed by atoms with E-state index >= 15 is 0 Å². The maximum Gasteiger partial charge on any atom is 0.195 e. The third-order valence-corrected chi connectivity index (χ3v) is 19.4. The molecule has 2 N–H and O–H groups in total. The number of hydrogen-bond acceptors (Lipinski definition) is 4. The number of fused-ring (bicyclic) bond motifs is 7. The molecule has 0 aromatic heterocycles. The Kier molecular flexibility index (Phi) is 10.0. The summed E-state index contributed by atoms with van der Waals surface area (Å²) < 4.78 is 0. The zero-order valence-electron chi connectivity index (χ0n) is 36.5. The third kappa shape index (κ3) is 6.34. The first-order valence-electron chi connectivity index (χ1n) is 23.3. The molecular formula is C53H74N2O2. The highest BCUT2D eigenvalue weighted by Crippen LogP contribution is 2.77. The van der Waals surface area contributed by atoms with Crippen LogP contribution in [0.3, 0.4) is 0 Å². The lowest BCUT2D eigenvalue weighted by Crippen LogP contribution is -2.66. The summed E-state index contributed by atoms with van der Waals surface area (Å²) in [6.07, 6.45) is 19.1. The average Bonchev–Trinajstić information content (AvgIpc) is 3.55. The van der Waals surface area contributed by atoms with E-state index in [0.717, 1.165) is 24.2 Å². The average molecular weight is 771 g/mol. The monoisotopic (exact) mass is 771 g/mol. The van der Waals surface area contributed by atoms with Crippen molar-refractivity contribution in [1.29, 1.82) is 0 Å². The number of aliphatic hydroxyl groups is 1. The summed E-state index contributed by atoms with van der Waals surface area (Å²) in [4.78, 5) is 16.0.